The van der Waals surface area contributed by atoms with Crippen LogP contribution < -0.4 is 0 Å². The molecule has 0 rings (SSSR count). The standard InChI is InChI=1S/C7H6/c1-3-5-7-6-4-2/h3H,1H2,2H3. The van der Waals surface area contributed by atoms with Crippen molar-refractivity contribution >= 4 is 0 Å². The van der Waals surface area contributed by atoms with E-state index in [9.17, 15) is 0 Å². The molecule has 0 fully saturated rings. The molecule has 0 aromatic carbocycles. The van der Waals surface area contributed by atoms with E-state index in [0.717, 1.165) is 0 Å². The maximum absolute atomic E-state index is 3.39. The molecule has 0 bridgehead atoms. The number of rotatable bonds is 0. The van der Waals surface area contributed by atoms with Crippen molar-refractivity contribution in [2.75, 3.05) is 0 Å². The first kappa shape index (κ1) is 5.86. The van der Waals surface area contributed by atoms with Crippen LogP contribution in [-0.2, 0) is 0 Å². The summed E-state index contributed by atoms with van der Waals surface area (Å²) in [5.41, 5.74) is 0. The molecule has 0 N–H and O–H groups in total. The molecule has 0 aromatic rings. The number of allylic oxidation sites excluding steroid dienone is 1. The quantitative estimate of drug-likeness (QED) is 0.392. The molecule has 0 radical (unpaired) electrons. The summed E-state index contributed by atoms with van der Waals surface area (Å²) in [6, 6.07) is 0. The Bertz CT molecular complexity index is 154. The van der Waals surface area contributed by atoms with Crippen molar-refractivity contribution in [3.8, 4) is 23.7 Å². The lowest BCUT2D eigenvalue weighted by atomic mass is 10.5. The van der Waals surface area contributed by atoms with Crippen molar-refractivity contribution in [2.24, 2.45) is 0 Å². The van der Waals surface area contributed by atoms with Gasteiger partial charge in [-0.2, -0.15) is 0 Å². The molecule has 0 amide bonds. The Balaban J connectivity index is 3.60. The van der Waals surface area contributed by atoms with Gasteiger partial charge in [-0.15, -0.1) is 0 Å². The normalized spacial score (nSPS) is 4.14. The zero-order valence-corrected chi connectivity index (χ0v) is 4.28. The van der Waals surface area contributed by atoms with Gasteiger partial charge in [-0.25, -0.2) is 0 Å². The predicted octanol–water partition coefficient (Wildman–Crippen LogP) is 1.20. The molecule has 0 aliphatic heterocycles. The molecule has 0 saturated carbocycles. The van der Waals surface area contributed by atoms with Crippen molar-refractivity contribution < 1.29 is 0 Å². The monoisotopic (exact) mass is 90.0 g/mol. The van der Waals surface area contributed by atoms with Gasteiger partial charge in [0, 0.05) is 0 Å². The lowest BCUT2D eigenvalue weighted by Crippen LogP contribution is -1.45. The first-order valence-electron chi connectivity index (χ1n) is 1.95. The van der Waals surface area contributed by atoms with Crippen LogP contribution in [0, 0.1) is 23.7 Å². The largest absolute Gasteiger partial charge is 0.0925 e. The van der Waals surface area contributed by atoms with E-state index >= 15 is 0 Å². The highest BCUT2D eigenvalue weighted by atomic mass is 13.5. The number of hydrogen-bond donors (Lipinski definition) is 0. The summed E-state index contributed by atoms with van der Waals surface area (Å²) < 4.78 is 0. The Kier molecular flexibility index (Phi) is 4.07. The maximum Gasteiger partial charge on any atom is -0.00168 e. The summed E-state index contributed by atoms with van der Waals surface area (Å²) in [7, 11) is 0. The minimum absolute atomic E-state index is 1.52. The van der Waals surface area contributed by atoms with E-state index in [1.807, 2.05) is 0 Å². The lowest BCUT2D eigenvalue weighted by Gasteiger charge is -1.52. The SMILES string of the molecule is C=CC#CC#CC. The fourth-order valence-corrected chi connectivity index (χ4v) is 0.150. The zero-order valence-electron chi connectivity index (χ0n) is 4.28. The highest BCUT2D eigenvalue weighted by Crippen LogP contribution is 1.53. The molecule has 0 heterocycles. The third-order valence-corrected chi connectivity index (χ3v) is 0.362. The molecule has 0 aromatic heterocycles. The third kappa shape index (κ3) is 4.86. The summed E-state index contributed by atoms with van der Waals surface area (Å²) in [6.45, 7) is 5.14. The second kappa shape index (κ2) is 4.86. The van der Waals surface area contributed by atoms with Gasteiger partial charge in [0.25, 0.3) is 0 Å². The van der Waals surface area contributed by atoms with Crippen LogP contribution in [0.25, 0.3) is 0 Å². The predicted molar refractivity (Wildman–Crippen MR) is 31.4 cm³/mol. The van der Waals surface area contributed by atoms with Gasteiger partial charge in [0.05, 0.1) is 0 Å². The van der Waals surface area contributed by atoms with E-state index in [4.69, 9.17) is 0 Å². The Morgan fingerprint density at radius 3 is 2.57 bits per heavy atom. The molecular formula is C7H6. The number of hydrogen-bond acceptors (Lipinski definition) is 0. The maximum atomic E-state index is 3.39. The van der Waals surface area contributed by atoms with Crippen molar-refractivity contribution in [2.45, 2.75) is 6.92 Å². The van der Waals surface area contributed by atoms with Crippen LogP contribution in [0.4, 0.5) is 0 Å². The van der Waals surface area contributed by atoms with Crippen LogP contribution in [-0.4, -0.2) is 0 Å². The summed E-state index contributed by atoms with van der Waals surface area (Å²) in [5, 5.41) is 0. The average molecular weight is 90.1 g/mol. The molecular weight excluding hydrogens is 84.1 g/mol. The van der Waals surface area contributed by atoms with Crippen LogP contribution in [0.15, 0.2) is 12.7 Å². The summed E-state index contributed by atoms with van der Waals surface area (Å²) in [4.78, 5) is 0. The first-order valence-corrected chi connectivity index (χ1v) is 1.95. The Morgan fingerprint density at radius 2 is 2.14 bits per heavy atom. The van der Waals surface area contributed by atoms with E-state index in [1.54, 1.807) is 6.92 Å². The van der Waals surface area contributed by atoms with Gasteiger partial charge in [0.15, 0.2) is 0 Å². The van der Waals surface area contributed by atoms with Crippen LogP contribution in [0.5, 0.6) is 0 Å². The molecule has 0 spiro atoms. The lowest BCUT2D eigenvalue weighted by molar-refractivity contribution is 1.92. The Hall–Kier alpha value is -1.14. The third-order valence-electron chi connectivity index (χ3n) is 0.362. The van der Waals surface area contributed by atoms with Gasteiger partial charge in [0.2, 0.25) is 0 Å². The van der Waals surface area contributed by atoms with Crippen LogP contribution in [0.1, 0.15) is 6.92 Å². The van der Waals surface area contributed by atoms with Gasteiger partial charge in [-0.3, -0.25) is 0 Å². The van der Waals surface area contributed by atoms with Gasteiger partial charge in [-0.1, -0.05) is 18.4 Å². The molecule has 0 nitrogen and oxygen atoms in total. The van der Waals surface area contributed by atoms with Crippen LogP contribution in [0.2, 0.25) is 0 Å². The van der Waals surface area contributed by atoms with Crippen molar-refractivity contribution in [1.82, 2.24) is 0 Å². The van der Waals surface area contributed by atoms with E-state index < -0.39 is 0 Å². The molecule has 0 heteroatoms. The fraction of sp³-hybridized carbons (Fsp3) is 0.143. The van der Waals surface area contributed by atoms with Gasteiger partial charge >= 0.3 is 0 Å². The van der Waals surface area contributed by atoms with Crippen molar-refractivity contribution in [3.05, 3.63) is 12.7 Å². The van der Waals surface area contributed by atoms with Gasteiger partial charge < -0.3 is 0 Å². The average Bonchev–Trinajstić information content (AvgIpc) is 1.69. The van der Waals surface area contributed by atoms with Crippen LogP contribution >= 0.6 is 0 Å². The Labute approximate surface area is 44.2 Å². The summed E-state index contributed by atoms with van der Waals surface area (Å²) in [6.07, 6.45) is 1.52. The molecule has 0 saturated heterocycles. The summed E-state index contributed by atoms with van der Waals surface area (Å²) in [5.74, 6) is 10.3. The zero-order chi connectivity index (χ0) is 5.54. The van der Waals surface area contributed by atoms with E-state index in [-0.39, 0.29) is 0 Å². The van der Waals surface area contributed by atoms with Gasteiger partial charge in [-0.05, 0) is 24.8 Å². The van der Waals surface area contributed by atoms with Crippen molar-refractivity contribution in [1.29, 1.82) is 0 Å². The minimum Gasteiger partial charge on any atom is -0.0925 e. The highest BCUT2D eigenvalue weighted by Gasteiger charge is 1.45. The molecule has 7 heavy (non-hydrogen) atoms. The van der Waals surface area contributed by atoms with E-state index in [0.29, 0.717) is 0 Å². The summed E-state index contributed by atoms with van der Waals surface area (Å²) >= 11 is 0. The smallest absolute Gasteiger partial charge is 0.00168 e. The van der Waals surface area contributed by atoms with Gasteiger partial charge in [0.1, 0.15) is 0 Å². The second-order valence-electron chi connectivity index (χ2n) is 0.848. The molecule has 0 unspecified atom stereocenters. The molecule has 0 aliphatic rings. The second-order valence-corrected chi connectivity index (χ2v) is 0.848. The highest BCUT2D eigenvalue weighted by molar-refractivity contribution is 5.29. The topological polar surface area (TPSA) is 0 Å². The van der Waals surface area contributed by atoms with Crippen LogP contribution in [0.3, 0.4) is 0 Å². The fourth-order valence-electron chi connectivity index (χ4n) is 0.150. The molecule has 0 aliphatic carbocycles. The minimum atomic E-state index is 1.52. The van der Waals surface area contributed by atoms with E-state index in [1.165, 1.54) is 6.08 Å². The molecule has 34 valence electrons. The molecule has 0 atom stereocenters. The Morgan fingerprint density at radius 1 is 1.43 bits per heavy atom. The van der Waals surface area contributed by atoms with Crippen molar-refractivity contribution in [3.63, 3.8) is 0 Å². The first-order chi connectivity index (χ1) is 3.41. The van der Waals surface area contributed by atoms with E-state index in [2.05, 4.69) is 30.3 Å².